The van der Waals surface area contributed by atoms with Crippen LogP contribution >= 0.6 is 0 Å². The summed E-state index contributed by atoms with van der Waals surface area (Å²) in [6.07, 6.45) is 0.815. The van der Waals surface area contributed by atoms with Crippen molar-refractivity contribution in [3.63, 3.8) is 0 Å². The van der Waals surface area contributed by atoms with Crippen molar-refractivity contribution in [1.29, 1.82) is 0 Å². The number of aromatic nitrogens is 2. The number of rotatable bonds is 2. The molecule has 0 atom stereocenters. The number of anilines is 1. The molecule has 2 saturated heterocycles. The minimum Gasteiger partial charge on any atom is -0.379 e. The summed E-state index contributed by atoms with van der Waals surface area (Å²) in [6.45, 7) is 8.17. The summed E-state index contributed by atoms with van der Waals surface area (Å²) in [5, 5.41) is 2.86. The largest absolute Gasteiger partial charge is 0.379 e. The molecule has 118 valence electrons. The van der Waals surface area contributed by atoms with Gasteiger partial charge in [-0.2, -0.15) is 0 Å². The van der Waals surface area contributed by atoms with E-state index in [0.717, 1.165) is 57.2 Å². The number of hydrogen-bond donors (Lipinski definition) is 1. The maximum Gasteiger partial charge on any atom is 0.270 e. The molecule has 1 N–H and O–H groups in total. The predicted octanol–water partition coefficient (Wildman–Crippen LogP) is -0.408. The Labute approximate surface area is 129 Å². The number of nitrogens with zero attached hydrogens (tertiary/aromatic N) is 4. The van der Waals surface area contributed by atoms with Crippen molar-refractivity contribution >= 4 is 11.7 Å². The van der Waals surface area contributed by atoms with Gasteiger partial charge in [0.05, 0.1) is 13.2 Å². The number of morpholine rings is 1. The van der Waals surface area contributed by atoms with Gasteiger partial charge in [0.2, 0.25) is 0 Å². The molecule has 4 heterocycles. The average molecular weight is 303 g/mol. The third-order valence-corrected chi connectivity index (χ3v) is 4.70. The van der Waals surface area contributed by atoms with Crippen molar-refractivity contribution < 1.29 is 9.53 Å². The van der Waals surface area contributed by atoms with Crippen LogP contribution in [-0.2, 0) is 11.2 Å². The first-order valence-corrected chi connectivity index (χ1v) is 7.95. The van der Waals surface area contributed by atoms with Gasteiger partial charge in [-0.1, -0.05) is 0 Å². The molecule has 0 spiro atoms. The summed E-state index contributed by atoms with van der Waals surface area (Å²) in [4.78, 5) is 25.7. The van der Waals surface area contributed by atoms with Crippen molar-refractivity contribution in [3.8, 4) is 0 Å². The molecule has 4 rings (SSSR count). The number of hydrogen-bond acceptors (Lipinski definition) is 6. The number of carbonyl (C=O) groups is 1. The molecule has 1 aromatic rings. The molecule has 22 heavy (non-hydrogen) atoms. The maximum absolute atomic E-state index is 12.0. The lowest BCUT2D eigenvalue weighted by Crippen LogP contribution is -2.62. The Bertz CT molecular complexity index is 594. The molecular formula is C15H21N5O2. The van der Waals surface area contributed by atoms with Gasteiger partial charge < -0.3 is 15.0 Å². The Morgan fingerprint density at radius 3 is 2.77 bits per heavy atom. The summed E-state index contributed by atoms with van der Waals surface area (Å²) in [5.74, 6) is 1.56. The average Bonchev–Trinajstić information content (AvgIpc) is 2.48. The van der Waals surface area contributed by atoms with Gasteiger partial charge in [0.25, 0.3) is 5.91 Å². The molecule has 1 aromatic heterocycles. The van der Waals surface area contributed by atoms with Gasteiger partial charge in [0.1, 0.15) is 17.3 Å². The second kappa shape index (κ2) is 5.48. The van der Waals surface area contributed by atoms with Crippen molar-refractivity contribution in [2.75, 3.05) is 50.8 Å². The zero-order valence-corrected chi connectivity index (χ0v) is 12.8. The topological polar surface area (TPSA) is 70.6 Å². The normalized spacial score (nSPS) is 23.0. The first-order valence-electron chi connectivity index (χ1n) is 7.95. The highest BCUT2D eigenvalue weighted by atomic mass is 16.5. The van der Waals surface area contributed by atoms with Crippen LogP contribution in [0.1, 0.15) is 21.9 Å². The summed E-state index contributed by atoms with van der Waals surface area (Å²) in [7, 11) is 0. The van der Waals surface area contributed by atoms with Gasteiger partial charge in [-0.05, 0) is 13.3 Å². The van der Waals surface area contributed by atoms with Crippen LogP contribution in [0.5, 0.6) is 0 Å². The molecule has 1 amide bonds. The molecule has 0 radical (unpaired) electrons. The quantitative estimate of drug-likeness (QED) is 0.801. The minimum atomic E-state index is -0.0711. The summed E-state index contributed by atoms with van der Waals surface area (Å²) < 4.78 is 5.41. The molecular weight excluding hydrogens is 282 g/mol. The van der Waals surface area contributed by atoms with Gasteiger partial charge >= 0.3 is 0 Å². The van der Waals surface area contributed by atoms with Crippen LogP contribution in [0.3, 0.4) is 0 Å². The monoisotopic (exact) mass is 303 g/mol. The van der Waals surface area contributed by atoms with Gasteiger partial charge in [-0.25, -0.2) is 9.97 Å². The van der Waals surface area contributed by atoms with E-state index in [9.17, 15) is 4.79 Å². The van der Waals surface area contributed by atoms with E-state index in [4.69, 9.17) is 4.74 Å². The van der Waals surface area contributed by atoms with Gasteiger partial charge in [-0.3, -0.25) is 9.69 Å². The zero-order chi connectivity index (χ0) is 15.1. The molecule has 0 aromatic carbocycles. The number of carbonyl (C=O) groups excluding carboxylic acids is 1. The first-order chi connectivity index (χ1) is 10.7. The van der Waals surface area contributed by atoms with E-state index in [1.54, 1.807) is 0 Å². The molecule has 3 aliphatic heterocycles. The Kier molecular flexibility index (Phi) is 3.46. The lowest BCUT2D eigenvalue weighted by molar-refractivity contribution is 0.0104. The van der Waals surface area contributed by atoms with Crippen LogP contribution < -0.4 is 10.2 Å². The number of amides is 1. The summed E-state index contributed by atoms with van der Waals surface area (Å²) >= 11 is 0. The van der Waals surface area contributed by atoms with Crippen LogP contribution in [0.2, 0.25) is 0 Å². The lowest BCUT2D eigenvalue weighted by Gasteiger charge is -2.47. The second-order valence-electron chi connectivity index (χ2n) is 6.13. The Morgan fingerprint density at radius 2 is 2.00 bits per heavy atom. The van der Waals surface area contributed by atoms with Gasteiger partial charge in [0.15, 0.2) is 0 Å². The highest BCUT2D eigenvalue weighted by Crippen LogP contribution is 2.29. The zero-order valence-electron chi connectivity index (χ0n) is 12.8. The van der Waals surface area contributed by atoms with Gasteiger partial charge in [-0.15, -0.1) is 0 Å². The van der Waals surface area contributed by atoms with E-state index in [-0.39, 0.29) is 5.91 Å². The highest BCUT2D eigenvalue weighted by Gasteiger charge is 2.36. The third-order valence-electron chi connectivity index (χ3n) is 4.70. The van der Waals surface area contributed by atoms with Crippen molar-refractivity contribution in [1.82, 2.24) is 20.2 Å². The van der Waals surface area contributed by atoms with Crippen LogP contribution in [0.15, 0.2) is 0 Å². The number of fused-ring (bicyclic) bond motifs is 1. The number of aryl methyl sites for hydroxylation is 1. The molecule has 7 heteroatoms. The fraction of sp³-hybridized carbons (Fsp3) is 0.667. The summed E-state index contributed by atoms with van der Waals surface area (Å²) in [5.41, 5.74) is 1.57. The van der Waals surface area contributed by atoms with E-state index in [1.165, 1.54) is 0 Å². The lowest BCUT2D eigenvalue weighted by atomic mass is 10.0. The smallest absolute Gasteiger partial charge is 0.270 e. The number of ether oxygens (including phenoxy) is 1. The van der Waals surface area contributed by atoms with E-state index in [2.05, 4.69) is 25.1 Å². The fourth-order valence-corrected chi connectivity index (χ4v) is 3.45. The maximum atomic E-state index is 12.0. The Morgan fingerprint density at radius 1 is 1.23 bits per heavy atom. The molecule has 0 unspecified atom stereocenters. The van der Waals surface area contributed by atoms with E-state index in [0.29, 0.717) is 24.1 Å². The minimum absolute atomic E-state index is 0.0711. The Hall–Kier alpha value is -1.73. The Balaban J connectivity index is 1.53. The molecule has 2 fully saturated rings. The predicted molar refractivity (Wildman–Crippen MR) is 81.2 cm³/mol. The number of nitrogens with one attached hydrogen (secondary N) is 1. The van der Waals surface area contributed by atoms with Gasteiger partial charge in [0, 0.05) is 44.3 Å². The van der Waals surface area contributed by atoms with Crippen LogP contribution in [-0.4, -0.2) is 72.8 Å². The third kappa shape index (κ3) is 2.34. The van der Waals surface area contributed by atoms with Crippen molar-refractivity contribution in [2.24, 2.45) is 0 Å². The van der Waals surface area contributed by atoms with E-state index >= 15 is 0 Å². The van der Waals surface area contributed by atoms with Crippen molar-refractivity contribution in [3.05, 3.63) is 17.1 Å². The molecule has 0 saturated carbocycles. The second-order valence-corrected chi connectivity index (χ2v) is 6.13. The summed E-state index contributed by atoms with van der Waals surface area (Å²) in [6, 6.07) is 0.576. The molecule has 7 nitrogen and oxygen atoms in total. The molecule has 0 aliphatic carbocycles. The van der Waals surface area contributed by atoms with Crippen LogP contribution in [0, 0.1) is 6.92 Å². The van der Waals surface area contributed by atoms with Crippen LogP contribution in [0.25, 0.3) is 0 Å². The fourth-order valence-electron chi connectivity index (χ4n) is 3.45. The van der Waals surface area contributed by atoms with E-state index < -0.39 is 0 Å². The SMILES string of the molecule is Cc1nc2c(c(N3CC(N4CCOCC4)C3)n1)CCNC2=O. The van der Waals surface area contributed by atoms with Crippen LogP contribution in [0.4, 0.5) is 5.82 Å². The molecule has 0 bridgehead atoms. The van der Waals surface area contributed by atoms with E-state index in [1.807, 2.05) is 6.92 Å². The standard InChI is InChI=1S/C15H21N5O2/c1-10-17-13-12(2-3-16-15(13)21)14(18-10)20-8-11(9-20)19-4-6-22-7-5-19/h11H,2-9H2,1H3,(H,16,21). The van der Waals surface area contributed by atoms with Crippen molar-refractivity contribution in [2.45, 2.75) is 19.4 Å². The highest BCUT2D eigenvalue weighted by molar-refractivity contribution is 5.96. The first kappa shape index (κ1) is 13.9. The molecule has 3 aliphatic rings.